The van der Waals surface area contributed by atoms with Crippen LogP contribution in [0.4, 0.5) is 4.39 Å². The number of nitrogens with two attached hydrogens (primary N) is 1. The number of hydrogen-bond donors (Lipinski definition) is 2. The normalized spacial score (nSPS) is 22.0. The standard InChI is InChI=1S/C17H27FN2O/c1-3-16(19)17(14-5-4-6-15(18)11-14)20-9-7-13(8-10-20)12(2)21/h4-6,11-13,16-17,21H,3,7-10,19H2,1-2H3. The molecule has 0 aliphatic carbocycles. The number of piperidine rings is 1. The average Bonchev–Trinajstić information content (AvgIpc) is 2.48. The SMILES string of the molecule is CCC(N)C(c1cccc(F)c1)N1CCC(C(C)O)CC1. The van der Waals surface area contributed by atoms with E-state index in [0.717, 1.165) is 37.9 Å². The fourth-order valence-corrected chi connectivity index (χ4v) is 3.32. The Kier molecular flexibility index (Phi) is 5.73. The first-order valence-electron chi connectivity index (χ1n) is 7.96. The first-order chi connectivity index (χ1) is 10.0. The zero-order chi connectivity index (χ0) is 15.4. The van der Waals surface area contributed by atoms with Gasteiger partial charge in [-0.2, -0.15) is 0 Å². The Morgan fingerprint density at radius 1 is 1.38 bits per heavy atom. The molecule has 0 radical (unpaired) electrons. The summed E-state index contributed by atoms with van der Waals surface area (Å²) in [6.07, 6.45) is 2.55. The number of likely N-dealkylation sites (tertiary alicyclic amines) is 1. The molecule has 1 aliphatic rings. The van der Waals surface area contributed by atoms with Gasteiger partial charge in [0, 0.05) is 12.1 Å². The van der Waals surface area contributed by atoms with E-state index in [1.807, 2.05) is 13.0 Å². The maximum Gasteiger partial charge on any atom is 0.123 e. The van der Waals surface area contributed by atoms with E-state index in [9.17, 15) is 9.50 Å². The molecule has 118 valence electrons. The molecule has 1 aromatic carbocycles. The molecule has 1 aromatic rings. The zero-order valence-corrected chi connectivity index (χ0v) is 13.0. The number of rotatable bonds is 5. The molecule has 4 heteroatoms. The minimum atomic E-state index is -0.250. The van der Waals surface area contributed by atoms with Crippen LogP contribution in [0.3, 0.4) is 0 Å². The number of aliphatic hydroxyl groups is 1. The summed E-state index contributed by atoms with van der Waals surface area (Å²) in [5.41, 5.74) is 7.27. The van der Waals surface area contributed by atoms with E-state index in [-0.39, 0.29) is 24.0 Å². The van der Waals surface area contributed by atoms with Gasteiger partial charge in [0.25, 0.3) is 0 Å². The van der Waals surface area contributed by atoms with Crippen molar-refractivity contribution in [3.8, 4) is 0 Å². The van der Waals surface area contributed by atoms with E-state index in [2.05, 4.69) is 11.8 Å². The van der Waals surface area contributed by atoms with Gasteiger partial charge in [0.1, 0.15) is 5.82 Å². The van der Waals surface area contributed by atoms with E-state index in [4.69, 9.17) is 5.73 Å². The van der Waals surface area contributed by atoms with E-state index in [1.54, 1.807) is 12.1 Å². The van der Waals surface area contributed by atoms with Crippen LogP contribution in [0.2, 0.25) is 0 Å². The van der Waals surface area contributed by atoms with Crippen molar-refractivity contribution in [3.63, 3.8) is 0 Å². The smallest absolute Gasteiger partial charge is 0.123 e. The van der Waals surface area contributed by atoms with Crippen molar-refractivity contribution in [1.82, 2.24) is 4.90 Å². The summed E-state index contributed by atoms with van der Waals surface area (Å²) < 4.78 is 13.5. The van der Waals surface area contributed by atoms with Gasteiger partial charge in [-0.25, -0.2) is 4.39 Å². The van der Waals surface area contributed by atoms with Gasteiger partial charge in [-0.15, -0.1) is 0 Å². The van der Waals surface area contributed by atoms with Gasteiger partial charge in [-0.1, -0.05) is 19.1 Å². The highest BCUT2D eigenvalue weighted by Gasteiger charge is 2.30. The molecule has 0 amide bonds. The number of halogens is 1. The molecular formula is C17H27FN2O. The van der Waals surface area contributed by atoms with Crippen molar-refractivity contribution in [2.24, 2.45) is 11.7 Å². The van der Waals surface area contributed by atoms with E-state index in [1.165, 1.54) is 6.07 Å². The summed E-state index contributed by atoms with van der Waals surface area (Å²) >= 11 is 0. The third kappa shape index (κ3) is 4.02. The second-order valence-corrected chi connectivity index (χ2v) is 6.19. The molecule has 21 heavy (non-hydrogen) atoms. The predicted molar refractivity (Wildman–Crippen MR) is 83.4 cm³/mol. The highest BCUT2D eigenvalue weighted by atomic mass is 19.1. The van der Waals surface area contributed by atoms with Gasteiger partial charge in [0.05, 0.1) is 6.10 Å². The monoisotopic (exact) mass is 294 g/mol. The molecule has 2 rings (SSSR count). The average molecular weight is 294 g/mol. The first kappa shape index (κ1) is 16.4. The molecule has 1 saturated heterocycles. The molecule has 0 aromatic heterocycles. The number of hydrogen-bond acceptors (Lipinski definition) is 3. The number of aliphatic hydroxyl groups excluding tert-OH is 1. The minimum Gasteiger partial charge on any atom is -0.393 e. The second-order valence-electron chi connectivity index (χ2n) is 6.19. The van der Waals surface area contributed by atoms with E-state index < -0.39 is 0 Å². The highest BCUT2D eigenvalue weighted by Crippen LogP contribution is 2.31. The van der Waals surface area contributed by atoms with E-state index >= 15 is 0 Å². The lowest BCUT2D eigenvalue weighted by Gasteiger charge is -2.41. The third-order valence-electron chi connectivity index (χ3n) is 4.72. The van der Waals surface area contributed by atoms with Crippen molar-refractivity contribution in [1.29, 1.82) is 0 Å². The second kappa shape index (κ2) is 7.34. The summed E-state index contributed by atoms with van der Waals surface area (Å²) in [6, 6.07) is 6.83. The lowest BCUT2D eigenvalue weighted by Crippen LogP contribution is -2.45. The lowest BCUT2D eigenvalue weighted by molar-refractivity contribution is 0.0495. The van der Waals surface area contributed by atoms with Gasteiger partial charge in [-0.05, 0) is 62.9 Å². The van der Waals surface area contributed by atoms with Crippen molar-refractivity contribution in [2.75, 3.05) is 13.1 Å². The van der Waals surface area contributed by atoms with Crippen molar-refractivity contribution >= 4 is 0 Å². The summed E-state index contributed by atoms with van der Waals surface area (Å²) in [4.78, 5) is 2.35. The van der Waals surface area contributed by atoms with Crippen LogP contribution in [-0.4, -0.2) is 35.2 Å². The quantitative estimate of drug-likeness (QED) is 0.878. The fourth-order valence-electron chi connectivity index (χ4n) is 3.32. The maximum absolute atomic E-state index is 13.5. The molecule has 0 saturated carbocycles. The van der Waals surface area contributed by atoms with Crippen molar-refractivity contribution in [3.05, 3.63) is 35.6 Å². The predicted octanol–water partition coefficient (Wildman–Crippen LogP) is 2.70. The van der Waals surface area contributed by atoms with Crippen LogP contribution in [0, 0.1) is 11.7 Å². The van der Waals surface area contributed by atoms with Crippen LogP contribution < -0.4 is 5.73 Å². The van der Waals surface area contributed by atoms with Crippen LogP contribution in [-0.2, 0) is 0 Å². The minimum absolute atomic E-state index is 0.00472. The van der Waals surface area contributed by atoms with Gasteiger partial charge >= 0.3 is 0 Å². The molecular weight excluding hydrogens is 267 g/mol. The third-order valence-corrected chi connectivity index (χ3v) is 4.72. The maximum atomic E-state index is 13.5. The molecule has 0 spiro atoms. The molecule has 3 nitrogen and oxygen atoms in total. The van der Waals surface area contributed by atoms with Crippen LogP contribution in [0.25, 0.3) is 0 Å². The molecule has 0 bridgehead atoms. The molecule has 3 N–H and O–H groups in total. The number of nitrogens with zero attached hydrogens (tertiary/aromatic N) is 1. The van der Waals surface area contributed by atoms with E-state index in [0.29, 0.717) is 5.92 Å². The van der Waals surface area contributed by atoms with Gasteiger partial charge in [-0.3, -0.25) is 4.90 Å². The molecule has 1 heterocycles. The highest BCUT2D eigenvalue weighted by molar-refractivity contribution is 5.22. The molecule has 1 aliphatic heterocycles. The zero-order valence-electron chi connectivity index (χ0n) is 13.0. The van der Waals surface area contributed by atoms with Gasteiger partial charge in [0.2, 0.25) is 0 Å². The Morgan fingerprint density at radius 2 is 2.05 bits per heavy atom. The van der Waals surface area contributed by atoms with Crippen LogP contribution in [0.15, 0.2) is 24.3 Å². The Labute approximate surface area is 126 Å². The Morgan fingerprint density at radius 3 is 2.57 bits per heavy atom. The summed E-state index contributed by atoms with van der Waals surface area (Å²) in [7, 11) is 0. The first-order valence-corrected chi connectivity index (χ1v) is 7.96. The summed E-state index contributed by atoms with van der Waals surface area (Å²) in [5.74, 6) is 0.159. The van der Waals surface area contributed by atoms with Crippen molar-refractivity contribution < 1.29 is 9.50 Å². The Balaban J connectivity index is 2.14. The van der Waals surface area contributed by atoms with Crippen LogP contribution in [0.1, 0.15) is 44.7 Å². The summed E-state index contributed by atoms with van der Waals surface area (Å²) in [6.45, 7) is 5.75. The lowest BCUT2D eigenvalue weighted by atomic mass is 9.88. The fraction of sp³-hybridized carbons (Fsp3) is 0.647. The molecule has 3 atom stereocenters. The van der Waals surface area contributed by atoms with Gasteiger partial charge < -0.3 is 10.8 Å². The Bertz CT molecular complexity index is 444. The van der Waals surface area contributed by atoms with Crippen molar-refractivity contribution in [2.45, 2.75) is 51.3 Å². The number of benzene rings is 1. The Hall–Kier alpha value is -0.970. The topological polar surface area (TPSA) is 49.5 Å². The molecule has 1 fully saturated rings. The summed E-state index contributed by atoms with van der Waals surface area (Å²) in [5, 5.41) is 9.72. The van der Waals surface area contributed by atoms with Gasteiger partial charge in [0.15, 0.2) is 0 Å². The molecule has 3 unspecified atom stereocenters. The van der Waals surface area contributed by atoms with Crippen LogP contribution in [0.5, 0.6) is 0 Å². The largest absolute Gasteiger partial charge is 0.393 e. The van der Waals surface area contributed by atoms with Crippen LogP contribution >= 0.6 is 0 Å².